The van der Waals surface area contributed by atoms with E-state index in [0.29, 0.717) is 13.0 Å². The summed E-state index contributed by atoms with van der Waals surface area (Å²) in [5.74, 6) is 0.0382. The van der Waals surface area contributed by atoms with E-state index in [9.17, 15) is 9.59 Å². The molecule has 2 fully saturated rings. The van der Waals surface area contributed by atoms with Gasteiger partial charge in [-0.3, -0.25) is 9.69 Å². The summed E-state index contributed by atoms with van der Waals surface area (Å²) in [6.45, 7) is 6.55. The molecule has 0 saturated carbocycles. The first-order valence-electron chi connectivity index (χ1n) is 10.3. The molecule has 2 aliphatic heterocycles. The van der Waals surface area contributed by atoms with Gasteiger partial charge in [0.2, 0.25) is 5.91 Å². The molecule has 6 heteroatoms. The summed E-state index contributed by atoms with van der Waals surface area (Å²) < 4.78 is 5.25. The number of piperidine rings is 1. The summed E-state index contributed by atoms with van der Waals surface area (Å²) in [4.78, 5) is 28.5. The summed E-state index contributed by atoms with van der Waals surface area (Å²) >= 11 is 0. The molecule has 27 heavy (non-hydrogen) atoms. The van der Waals surface area contributed by atoms with Gasteiger partial charge in [0.1, 0.15) is 6.10 Å². The smallest absolute Gasteiger partial charge is 0.414 e. The molecule has 6 nitrogen and oxygen atoms in total. The monoisotopic (exact) mass is 373 g/mol. The standard InChI is InChI=1S/C21H31N3O3/c1-3-4-6-9-20(25)22-18-14-17(24-15-16(2)27-21(24)26)10-11-19(18)23-12-7-5-8-13-23/h10-11,14,16H,3-9,12-13,15H2,1-2H3,(H,22,25). The third kappa shape index (κ3) is 4.93. The molecule has 1 N–H and O–H groups in total. The Bertz CT molecular complexity index is 671. The van der Waals surface area contributed by atoms with Gasteiger partial charge in [0.05, 0.1) is 17.9 Å². The molecule has 0 aliphatic carbocycles. The van der Waals surface area contributed by atoms with Crippen LogP contribution in [-0.4, -0.2) is 37.7 Å². The van der Waals surface area contributed by atoms with Gasteiger partial charge in [-0.25, -0.2) is 4.79 Å². The number of hydrogen-bond donors (Lipinski definition) is 1. The fourth-order valence-electron chi connectivity index (χ4n) is 3.77. The zero-order chi connectivity index (χ0) is 19.2. The quantitative estimate of drug-likeness (QED) is 0.713. The fourth-order valence-corrected chi connectivity index (χ4v) is 3.77. The number of carbonyl (C=O) groups is 2. The molecule has 1 unspecified atom stereocenters. The highest BCUT2D eigenvalue weighted by molar-refractivity contribution is 5.97. The number of nitrogens with one attached hydrogen (secondary N) is 1. The minimum atomic E-state index is -0.326. The van der Waals surface area contributed by atoms with Crippen LogP contribution in [0.1, 0.15) is 58.8 Å². The molecule has 2 amide bonds. The maximum Gasteiger partial charge on any atom is 0.414 e. The molecular weight excluding hydrogens is 342 g/mol. The molecule has 148 valence electrons. The maximum atomic E-state index is 12.4. The average Bonchev–Trinajstić information content (AvgIpc) is 3.01. The van der Waals surface area contributed by atoms with Crippen molar-refractivity contribution in [2.24, 2.45) is 0 Å². The number of cyclic esters (lactones) is 1. The van der Waals surface area contributed by atoms with Gasteiger partial charge in [0.15, 0.2) is 0 Å². The van der Waals surface area contributed by atoms with Gasteiger partial charge in [0.25, 0.3) is 0 Å². The first-order chi connectivity index (χ1) is 13.1. The van der Waals surface area contributed by atoms with Crippen molar-refractivity contribution in [3.05, 3.63) is 18.2 Å². The van der Waals surface area contributed by atoms with Gasteiger partial charge in [-0.1, -0.05) is 19.8 Å². The van der Waals surface area contributed by atoms with Gasteiger partial charge < -0.3 is 15.0 Å². The second-order valence-corrected chi connectivity index (χ2v) is 7.56. The topological polar surface area (TPSA) is 61.9 Å². The third-order valence-corrected chi connectivity index (χ3v) is 5.23. The second-order valence-electron chi connectivity index (χ2n) is 7.56. The Balaban J connectivity index is 1.82. The van der Waals surface area contributed by atoms with Crippen LogP contribution >= 0.6 is 0 Å². The van der Waals surface area contributed by atoms with Crippen molar-refractivity contribution in [2.75, 3.05) is 34.8 Å². The number of ether oxygens (including phenoxy) is 1. The predicted octanol–water partition coefficient (Wildman–Crippen LogP) is 4.54. The number of amides is 2. The Hall–Kier alpha value is -2.24. The van der Waals surface area contributed by atoms with E-state index in [1.807, 2.05) is 25.1 Å². The Morgan fingerprint density at radius 2 is 2.00 bits per heavy atom. The molecule has 3 rings (SSSR count). The van der Waals surface area contributed by atoms with E-state index in [-0.39, 0.29) is 18.1 Å². The van der Waals surface area contributed by atoms with E-state index in [1.165, 1.54) is 19.3 Å². The number of rotatable bonds is 7. The van der Waals surface area contributed by atoms with Crippen molar-refractivity contribution in [1.82, 2.24) is 0 Å². The minimum absolute atomic E-state index is 0.0382. The molecule has 1 aromatic rings. The van der Waals surface area contributed by atoms with Crippen molar-refractivity contribution in [3.63, 3.8) is 0 Å². The summed E-state index contributed by atoms with van der Waals surface area (Å²) in [6, 6.07) is 5.90. The van der Waals surface area contributed by atoms with Crippen LogP contribution in [0, 0.1) is 0 Å². The first kappa shape index (κ1) is 19.5. The number of unbranched alkanes of at least 4 members (excludes halogenated alkanes) is 2. The summed E-state index contributed by atoms with van der Waals surface area (Å²) in [5, 5.41) is 3.10. The van der Waals surface area contributed by atoms with Gasteiger partial charge in [-0.2, -0.15) is 0 Å². The number of anilines is 3. The van der Waals surface area contributed by atoms with E-state index in [0.717, 1.165) is 49.4 Å². The molecule has 0 radical (unpaired) electrons. The number of nitrogens with zero attached hydrogens (tertiary/aromatic N) is 2. The lowest BCUT2D eigenvalue weighted by molar-refractivity contribution is -0.116. The molecule has 2 aliphatic rings. The van der Waals surface area contributed by atoms with E-state index >= 15 is 0 Å². The van der Waals surface area contributed by atoms with Crippen LogP contribution in [0.2, 0.25) is 0 Å². The predicted molar refractivity (Wildman–Crippen MR) is 109 cm³/mol. The lowest BCUT2D eigenvalue weighted by Crippen LogP contribution is -2.31. The van der Waals surface area contributed by atoms with Crippen molar-refractivity contribution in [1.29, 1.82) is 0 Å². The normalized spacial score (nSPS) is 19.9. The average molecular weight is 373 g/mol. The lowest BCUT2D eigenvalue weighted by atomic mass is 10.1. The summed E-state index contributed by atoms with van der Waals surface area (Å²) in [6.07, 6.45) is 6.73. The minimum Gasteiger partial charge on any atom is -0.444 e. The van der Waals surface area contributed by atoms with E-state index in [4.69, 9.17) is 4.74 Å². The summed E-state index contributed by atoms with van der Waals surface area (Å²) in [7, 11) is 0. The zero-order valence-corrected chi connectivity index (χ0v) is 16.5. The molecule has 2 heterocycles. The van der Waals surface area contributed by atoms with Crippen LogP contribution in [0.25, 0.3) is 0 Å². The number of benzene rings is 1. The van der Waals surface area contributed by atoms with Gasteiger partial charge in [-0.15, -0.1) is 0 Å². The van der Waals surface area contributed by atoms with Crippen LogP contribution in [0.4, 0.5) is 21.9 Å². The molecule has 0 spiro atoms. The second kappa shape index (κ2) is 9.11. The summed E-state index contributed by atoms with van der Waals surface area (Å²) in [5.41, 5.74) is 2.61. The van der Waals surface area contributed by atoms with E-state index in [2.05, 4.69) is 17.1 Å². The van der Waals surface area contributed by atoms with E-state index in [1.54, 1.807) is 4.90 Å². The van der Waals surface area contributed by atoms with Gasteiger partial charge >= 0.3 is 6.09 Å². The molecule has 1 aromatic carbocycles. The first-order valence-corrected chi connectivity index (χ1v) is 10.3. The molecule has 0 bridgehead atoms. The SMILES string of the molecule is CCCCCC(=O)Nc1cc(N2CC(C)OC2=O)ccc1N1CCCCC1. The van der Waals surface area contributed by atoms with Gasteiger partial charge in [-0.05, 0) is 50.8 Å². The van der Waals surface area contributed by atoms with Crippen LogP contribution in [0.15, 0.2) is 18.2 Å². The van der Waals surface area contributed by atoms with Crippen LogP contribution < -0.4 is 15.1 Å². The van der Waals surface area contributed by atoms with Crippen LogP contribution in [0.5, 0.6) is 0 Å². The third-order valence-electron chi connectivity index (χ3n) is 5.23. The number of hydrogen-bond acceptors (Lipinski definition) is 4. The van der Waals surface area contributed by atoms with Gasteiger partial charge in [0, 0.05) is 25.2 Å². The lowest BCUT2D eigenvalue weighted by Gasteiger charge is -2.31. The Kier molecular flexibility index (Phi) is 6.58. The van der Waals surface area contributed by atoms with Crippen LogP contribution in [0.3, 0.4) is 0 Å². The van der Waals surface area contributed by atoms with E-state index < -0.39 is 0 Å². The highest BCUT2D eigenvalue weighted by Crippen LogP contribution is 2.34. The highest BCUT2D eigenvalue weighted by atomic mass is 16.6. The highest BCUT2D eigenvalue weighted by Gasteiger charge is 2.30. The molecule has 2 saturated heterocycles. The molecule has 0 aromatic heterocycles. The Morgan fingerprint density at radius 3 is 2.67 bits per heavy atom. The fraction of sp³-hybridized carbons (Fsp3) is 0.619. The largest absolute Gasteiger partial charge is 0.444 e. The number of carbonyl (C=O) groups excluding carboxylic acids is 2. The maximum absolute atomic E-state index is 12.4. The zero-order valence-electron chi connectivity index (χ0n) is 16.5. The Labute approximate surface area is 161 Å². The molecular formula is C21H31N3O3. The van der Waals surface area contributed by atoms with Crippen molar-refractivity contribution >= 4 is 29.1 Å². The molecule has 1 atom stereocenters. The van der Waals surface area contributed by atoms with Crippen LogP contribution in [-0.2, 0) is 9.53 Å². The van der Waals surface area contributed by atoms with Crippen molar-refractivity contribution in [3.8, 4) is 0 Å². The van der Waals surface area contributed by atoms with Crippen molar-refractivity contribution in [2.45, 2.75) is 64.9 Å². The van der Waals surface area contributed by atoms with Crippen molar-refractivity contribution < 1.29 is 14.3 Å². The Morgan fingerprint density at radius 1 is 1.22 bits per heavy atom.